The van der Waals surface area contributed by atoms with Gasteiger partial charge in [-0.15, -0.1) is 0 Å². The normalized spacial score (nSPS) is 17.0. The highest BCUT2D eigenvalue weighted by Gasteiger charge is 2.27. The van der Waals surface area contributed by atoms with Crippen molar-refractivity contribution in [3.8, 4) is 0 Å². The highest BCUT2D eigenvalue weighted by atomic mass is 32.2. The van der Waals surface area contributed by atoms with Crippen molar-refractivity contribution in [1.82, 2.24) is 0 Å². The fraction of sp³-hybridized carbons (Fsp3) is 0.0833. The number of methoxy groups -OCH3 is 1. The van der Waals surface area contributed by atoms with Gasteiger partial charge in [-0.05, 0) is 17.7 Å². The van der Waals surface area contributed by atoms with Gasteiger partial charge in [-0.2, -0.15) is 0 Å². The van der Waals surface area contributed by atoms with Crippen molar-refractivity contribution in [2.75, 3.05) is 7.11 Å². The molecule has 0 saturated carbocycles. The number of hydrogen-bond acceptors (Lipinski definition) is 4. The summed E-state index contributed by atoms with van der Waals surface area (Å²) in [6.45, 7) is 0. The molecule has 18 heavy (non-hydrogen) atoms. The van der Waals surface area contributed by atoms with Crippen LogP contribution in [0.3, 0.4) is 0 Å². The molecule has 4 nitrogen and oxygen atoms in total. The van der Waals surface area contributed by atoms with E-state index in [4.69, 9.17) is 0 Å². The van der Waals surface area contributed by atoms with Crippen LogP contribution in [0.1, 0.15) is 5.56 Å². The highest BCUT2D eigenvalue weighted by molar-refractivity contribution is 7.97. The molecule has 0 N–H and O–H groups in total. The van der Waals surface area contributed by atoms with Gasteiger partial charge in [0, 0.05) is 11.0 Å². The van der Waals surface area contributed by atoms with E-state index in [2.05, 4.69) is 4.74 Å². The van der Waals surface area contributed by atoms with E-state index in [1.54, 1.807) is 0 Å². The van der Waals surface area contributed by atoms with Gasteiger partial charge < -0.3 is 4.74 Å². The fourth-order valence-electron chi connectivity index (χ4n) is 1.64. The van der Waals surface area contributed by atoms with Crippen LogP contribution in [-0.2, 0) is 19.4 Å². The number of carbonyl (C=O) groups is 1. The molecule has 6 heteroatoms. The third-order valence-corrected chi connectivity index (χ3v) is 3.52. The van der Waals surface area contributed by atoms with Crippen LogP contribution in [0.4, 0.5) is 4.39 Å². The standard InChI is InChI=1S/C12H9FO4S/c1-17-12(14)11-7-18(15,16)6-10(11)8-3-2-4-9(13)5-8/h2-7H,1H3. The van der Waals surface area contributed by atoms with E-state index in [9.17, 15) is 17.6 Å². The van der Waals surface area contributed by atoms with Gasteiger partial charge in [0.2, 0.25) is 0 Å². The third-order valence-electron chi connectivity index (χ3n) is 2.40. The van der Waals surface area contributed by atoms with Crippen molar-refractivity contribution in [3.63, 3.8) is 0 Å². The summed E-state index contributed by atoms with van der Waals surface area (Å²) in [4.78, 5) is 11.5. The van der Waals surface area contributed by atoms with Crippen LogP contribution in [0.25, 0.3) is 5.57 Å². The summed E-state index contributed by atoms with van der Waals surface area (Å²) in [5.41, 5.74) is 0.358. The van der Waals surface area contributed by atoms with E-state index in [1.807, 2.05) is 0 Å². The zero-order valence-corrected chi connectivity index (χ0v) is 10.2. The molecular weight excluding hydrogens is 259 g/mol. The lowest BCUT2D eigenvalue weighted by Gasteiger charge is -2.05. The zero-order valence-electron chi connectivity index (χ0n) is 9.38. The van der Waals surface area contributed by atoms with Gasteiger partial charge >= 0.3 is 5.97 Å². The molecule has 0 unspecified atom stereocenters. The van der Waals surface area contributed by atoms with Crippen molar-refractivity contribution in [2.24, 2.45) is 0 Å². The summed E-state index contributed by atoms with van der Waals surface area (Å²) in [6.07, 6.45) is 0. The Morgan fingerprint density at radius 1 is 1.28 bits per heavy atom. The second kappa shape index (κ2) is 4.38. The van der Waals surface area contributed by atoms with Crippen LogP contribution in [0.2, 0.25) is 0 Å². The molecule has 0 atom stereocenters. The average Bonchev–Trinajstić information content (AvgIpc) is 2.64. The molecule has 0 saturated heterocycles. The minimum atomic E-state index is -3.61. The molecule has 0 bridgehead atoms. The number of benzene rings is 1. The Hall–Kier alpha value is -1.95. The molecule has 0 radical (unpaired) electrons. The summed E-state index contributed by atoms with van der Waals surface area (Å²) >= 11 is 0. The maximum absolute atomic E-state index is 13.1. The Balaban J connectivity index is 2.57. The number of sulfone groups is 1. The lowest BCUT2D eigenvalue weighted by molar-refractivity contribution is -0.135. The van der Waals surface area contributed by atoms with Crippen LogP contribution in [-0.4, -0.2) is 21.5 Å². The van der Waals surface area contributed by atoms with Crippen LogP contribution >= 0.6 is 0 Å². The smallest absolute Gasteiger partial charge is 0.339 e. The van der Waals surface area contributed by atoms with Crippen molar-refractivity contribution >= 4 is 21.4 Å². The van der Waals surface area contributed by atoms with E-state index in [-0.39, 0.29) is 11.1 Å². The fourth-order valence-corrected chi connectivity index (χ4v) is 2.85. The number of halogens is 1. The Kier molecular flexibility index (Phi) is 3.04. The van der Waals surface area contributed by atoms with Crippen molar-refractivity contribution in [3.05, 3.63) is 52.0 Å². The van der Waals surface area contributed by atoms with E-state index in [1.165, 1.54) is 18.2 Å². The van der Waals surface area contributed by atoms with Crippen LogP contribution in [0, 0.1) is 5.82 Å². The number of esters is 1. The molecular formula is C12H9FO4S. The molecule has 0 spiro atoms. The first-order valence-corrected chi connectivity index (χ1v) is 6.57. The van der Waals surface area contributed by atoms with Crippen LogP contribution < -0.4 is 0 Å². The molecule has 1 aliphatic heterocycles. The van der Waals surface area contributed by atoms with Crippen LogP contribution in [0.15, 0.2) is 40.7 Å². The second-order valence-electron chi connectivity index (χ2n) is 3.65. The maximum Gasteiger partial charge on any atom is 0.339 e. The first-order chi connectivity index (χ1) is 8.43. The Morgan fingerprint density at radius 2 is 2.00 bits per heavy atom. The summed E-state index contributed by atoms with van der Waals surface area (Å²) in [7, 11) is -2.46. The molecule has 0 aromatic heterocycles. The number of hydrogen-bond donors (Lipinski definition) is 0. The lowest BCUT2D eigenvalue weighted by atomic mass is 10.0. The number of ether oxygens (including phenoxy) is 1. The molecule has 0 amide bonds. The van der Waals surface area contributed by atoms with E-state index < -0.39 is 21.6 Å². The van der Waals surface area contributed by atoms with Gasteiger partial charge in [0.1, 0.15) is 5.82 Å². The molecule has 1 heterocycles. The quantitative estimate of drug-likeness (QED) is 0.765. The Labute approximate surface area is 103 Å². The summed E-state index contributed by atoms with van der Waals surface area (Å²) < 4.78 is 40.6. The third kappa shape index (κ3) is 2.33. The number of rotatable bonds is 2. The van der Waals surface area contributed by atoms with E-state index >= 15 is 0 Å². The average molecular weight is 268 g/mol. The summed E-state index contributed by atoms with van der Waals surface area (Å²) in [5, 5.41) is 1.74. The number of carbonyl (C=O) groups excluding carboxylic acids is 1. The highest BCUT2D eigenvalue weighted by Crippen LogP contribution is 2.31. The first kappa shape index (κ1) is 12.5. The molecule has 0 fully saturated rings. The molecule has 0 aliphatic carbocycles. The van der Waals surface area contributed by atoms with Gasteiger partial charge in [0.05, 0.1) is 18.1 Å². The van der Waals surface area contributed by atoms with E-state index in [0.717, 1.165) is 24.0 Å². The maximum atomic E-state index is 13.1. The van der Waals surface area contributed by atoms with Gasteiger partial charge in [-0.25, -0.2) is 17.6 Å². The van der Waals surface area contributed by atoms with E-state index in [0.29, 0.717) is 5.56 Å². The molecule has 1 aliphatic rings. The summed E-state index contributed by atoms with van der Waals surface area (Å²) in [5.74, 6) is -1.28. The molecule has 2 rings (SSSR count). The van der Waals surface area contributed by atoms with Crippen molar-refractivity contribution in [2.45, 2.75) is 0 Å². The van der Waals surface area contributed by atoms with Gasteiger partial charge in [-0.3, -0.25) is 0 Å². The minimum Gasteiger partial charge on any atom is -0.465 e. The van der Waals surface area contributed by atoms with Crippen LogP contribution in [0.5, 0.6) is 0 Å². The van der Waals surface area contributed by atoms with Crippen molar-refractivity contribution < 1.29 is 22.3 Å². The lowest BCUT2D eigenvalue weighted by Crippen LogP contribution is -2.05. The first-order valence-electron chi connectivity index (χ1n) is 4.96. The monoisotopic (exact) mass is 268 g/mol. The molecule has 1 aromatic carbocycles. The van der Waals surface area contributed by atoms with Gasteiger partial charge in [0.25, 0.3) is 0 Å². The topological polar surface area (TPSA) is 60.4 Å². The minimum absolute atomic E-state index is 0.0944. The second-order valence-corrected chi connectivity index (χ2v) is 5.30. The van der Waals surface area contributed by atoms with Crippen molar-refractivity contribution in [1.29, 1.82) is 0 Å². The predicted octanol–water partition coefficient (Wildman–Crippen LogP) is 1.65. The largest absolute Gasteiger partial charge is 0.465 e. The summed E-state index contributed by atoms with van der Waals surface area (Å²) in [6, 6.07) is 5.34. The Bertz CT molecular complexity index is 671. The molecule has 1 aromatic rings. The van der Waals surface area contributed by atoms with Gasteiger partial charge in [0.15, 0.2) is 9.84 Å². The van der Waals surface area contributed by atoms with Gasteiger partial charge in [-0.1, -0.05) is 12.1 Å². The predicted molar refractivity (Wildman–Crippen MR) is 63.4 cm³/mol. The Morgan fingerprint density at radius 3 is 2.61 bits per heavy atom. The zero-order chi connectivity index (χ0) is 13.3. The SMILES string of the molecule is COC(=O)C1=CS(=O)(=O)C=C1c1cccc(F)c1. The molecule has 94 valence electrons.